The SMILES string of the molecule is O=c1ccc(-c2ccncc2)nn1C1CCC(Nc2ncnc3[nH]ccc23)CC1. The van der Waals surface area contributed by atoms with E-state index in [1.807, 2.05) is 24.4 Å². The molecule has 146 valence electrons. The fourth-order valence-electron chi connectivity index (χ4n) is 4.01. The highest BCUT2D eigenvalue weighted by molar-refractivity contribution is 5.86. The maximum Gasteiger partial charge on any atom is 0.267 e. The molecule has 4 heterocycles. The van der Waals surface area contributed by atoms with Gasteiger partial charge in [0, 0.05) is 36.3 Å². The quantitative estimate of drug-likeness (QED) is 0.558. The topological polar surface area (TPSA) is 101 Å². The number of aromatic nitrogens is 6. The first-order chi connectivity index (χ1) is 14.3. The molecule has 1 aliphatic rings. The van der Waals surface area contributed by atoms with E-state index in [4.69, 9.17) is 0 Å². The number of anilines is 1. The maximum atomic E-state index is 12.4. The lowest BCUT2D eigenvalue weighted by molar-refractivity contribution is 0.304. The van der Waals surface area contributed by atoms with Crippen LogP contribution in [0.3, 0.4) is 0 Å². The van der Waals surface area contributed by atoms with Crippen LogP contribution in [-0.2, 0) is 0 Å². The average Bonchev–Trinajstić information content (AvgIpc) is 3.25. The van der Waals surface area contributed by atoms with Gasteiger partial charge in [0.05, 0.1) is 17.1 Å². The fraction of sp³-hybridized carbons (Fsp3) is 0.286. The van der Waals surface area contributed by atoms with Crippen molar-refractivity contribution < 1.29 is 0 Å². The lowest BCUT2D eigenvalue weighted by atomic mass is 9.91. The monoisotopic (exact) mass is 387 g/mol. The number of hydrogen-bond acceptors (Lipinski definition) is 6. The minimum Gasteiger partial charge on any atom is -0.367 e. The normalized spacial score (nSPS) is 19.3. The first kappa shape index (κ1) is 17.5. The molecule has 0 aromatic carbocycles. The van der Waals surface area contributed by atoms with E-state index in [1.165, 1.54) is 0 Å². The van der Waals surface area contributed by atoms with Crippen LogP contribution in [0, 0.1) is 0 Å². The summed E-state index contributed by atoms with van der Waals surface area (Å²) in [5.41, 5.74) is 2.54. The second-order valence-corrected chi connectivity index (χ2v) is 7.35. The summed E-state index contributed by atoms with van der Waals surface area (Å²) in [5.74, 6) is 0.856. The third-order valence-electron chi connectivity index (χ3n) is 5.54. The lowest BCUT2D eigenvalue weighted by Crippen LogP contribution is -2.33. The Morgan fingerprint density at radius 1 is 1.00 bits per heavy atom. The summed E-state index contributed by atoms with van der Waals surface area (Å²) in [6.07, 6.45) is 10.6. The fourth-order valence-corrected chi connectivity index (χ4v) is 4.01. The van der Waals surface area contributed by atoms with Crippen molar-refractivity contribution in [3.05, 3.63) is 65.6 Å². The molecule has 29 heavy (non-hydrogen) atoms. The first-order valence-electron chi connectivity index (χ1n) is 9.83. The van der Waals surface area contributed by atoms with Gasteiger partial charge in [0.15, 0.2) is 0 Å². The Kier molecular flexibility index (Phi) is 4.51. The smallest absolute Gasteiger partial charge is 0.267 e. The van der Waals surface area contributed by atoms with Gasteiger partial charge in [0.2, 0.25) is 0 Å². The van der Waals surface area contributed by atoms with Gasteiger partial charge in [0.25, 0.3) is 5.56 Å². The van der Waals surface area contributed by atoms with E-state index in [9.17, 15) is 4.79 Å². The van der Waals surface area contributed by atoms with Crippen molar-refractivity contribution in [1.82, 2.24) is 29.7 Å². The van der Waals surface area contributed by atoms with Crippen LogP contribution in [-0.4, -0.2) is 35.8 Å². The predicted octanol–water partition coefficient (Wildman–Crippen LogP) is 3.17. The zero-order chi connectivity index (χ0) is 19.6. The van der Waals surface area contributed by atoms with Crippen molar-refractivity contribution in [2.45, 2.75) is 37.8 Å². The van der Waals surface area contributed by atoms with Crippen molar-refractivity contribution in [2.75, 3.05) is 5.32 Å². The molecule has 0 spiro atoms. The van der Waals surface area contributed by atoms with E-state index in [1.54, 1.807) is 35.5 Å². The second-order valence-electron chi connectivity index (χ2n) is 7.35. The number of hydrogen-bond donors (Lipinski definition) is 2. The van der Waals surface area contributed by atoms with Gasteiger partial charge in [0.1, 0.15) is 17.8 Å². The highest BCUT2D eigenvalue weighted by atomic mass is 16.1. The molecule has 4 aromatic rings. The number of aromatic amines is 1. The maximum absolute atomic E-state index is 12.4. The Morgan fingerprint density at radius 3 is 2.66 bits per heavy atom. The van der Waals surface area contributed by atoms with E-state index in [0.29, 0.717) is 6.04 Å². The summed E-state index contributed by atoms with van der Waals surface area (Å²) in [6, 6.07) is 9.61. The molecule has 1 fully saturated rings. The minimum atomic E-state index is -0.0518. The predicted molar refractivity (Wildman–Crippen MR) is 111 cm³/mol. The molecule has 8 nitrogen and oxygen atoms in total. The molecule has 2 N–H and O–H groups in total. The van der Waals surface area contributed by atoms with Crippen molar-refractivity contribution in [3.63, 3.8) is 0 Å². The van der Waals surface area contributed by atoms with Crippen LogP contribution in [0.1, 0.15) is 31.7 Å². The standard InChI is InChI=1S/C21H21N7O/c29-19-6-5-18(14-7-10-22-11-8-14)27-28(19)16-3-1-15(2-4-16)26-21-17-9-12-23-20(17)24-13-25-21/h5-13,15-16H,1-4H2,(H2,23,24,25,26). The van der Waals surface area contributed by atoms with E-state index in [2.05, 4.69) is 30.4 Å². The van der Waals surface area contributed by atoms with E-state index in [0.717, 1.165) is 53.8 Å². The van der Waals surface area contributed by atoms with Gasteiger partial charge < -0.3 is 10.3 Å². The molecule has 0 unspecified atom stereocenters. The van der Waals surface area contributed by atoms with Crippen LogP contribution in [0.25, 0.3) is 22.3 Å². The van der Waals surface area contributed by atoms with Gasteiger partial charge in [-0.1, -0.05) is 0 Å². The Hall–Kier alpha value is -3.55. The van der Waals surface area contributed by atoms with Crippen molar-refractivity contribution in [3.8, 4) is 11.3 Å². The largest absolute Gasteiger partial charge is 0.367 e. The number of nitrogens with zero attached hydrogens (tertiary/aromatic N) is 5. The number of rotatable bonds is 4. The molecule has 0 saturated heterocycles. The molecule has 0 atom stereocenters. The molecule has 1 saturated carbocycles. The summed E-state index contributed by atoms with van der Waals surface area (Å²) in [6.45, 7) is 0. The van der Waals surface area contributed by atoms with Gasteiger partial charge in [-0.25, -0.2) is 14.6 Å². The van der Waals surface area contributed by atoms with Crippen molar-refractivity contribution in [2.24, 2.45) is 0 Å². The second kappa shape index (κ2) is 7.46. The Balaban J connectivity index is 1.31. The molecule has 0 amide bonds. The van der Waals surface area contributed by atoms with Gasteiger partial charge in [-0.15, -0.1) is 0 Å². The van der Waals surface area contributed by atoms with Gasteiger partial charge in [-0.2, -0.15) is 5.10 Å². The van der Waals surface area contributed by atoms with Crippen LogP contribution in [0.5, 0.6) is 0 Å². The average molecular weight is 387 g/mol. The minimum absolute atomic E-state index is 0.0518. The van der Waals surface area contributed by atoms with Gasteiger partial charge >= 0.3 is 0 Å². The van der Waals surface area contributed by atoms with Gasteiger partial charge in [-0.05, 0) is 49.9 Å². The Morgan fingerprint density at radius 2 is 1.83 bits per heavy atom. The van der Waals surface area contributed by atoms with E-state index >= 15 is 0 Å². The molecule has 0 aliphatic heterocycles. The number of fused-ring (bicyclic) bond motifs is 1. The van der Waals surface area contributed by atoms with Crippen molar-refractivity contribution in [1.29, 1.82) is 0 Å². The highest BCUT2D eigenvalue weighted by Gasteiger charge is 2.24. The summed E-state index contributed by atoms with van der Waals surface area (Å²) >= 11 is 0. The highest BCUT2D eigenvalue weighted by Crippen LogP contribution is 2.30. The molecule has 4 aromatic heterocycles. The van der Waals surface area contributed by atoms with Crippen LogP contribution < -0.4 is 10.9 Å². The summed E-state index contributed by atoms with van der Waals surface area (Å²) < 4.78 is 1.65. The van der Waals surface area contributed by atoms with Crippen LogP contribution in [0.2, 0.25) is 0 Å². The summed E-state index contributed by atoms with van der Waals surface area (Å²) in [4.78, 5) is 28.2. The molecular formula is C21H21N7O. The van der Waals surface area contributed by atoms with Crippen LogP contribution in [0.15, 0.2) is 60.0 Å². The zero-order valence-electron chi connectivity index (χ0n) is 15.8. The van der Waals surface area contributed by atoms with E-state index in [-0.39, 0.29) is 11.6 Å². The summed E-state index contributed by atoms with van der Waals surface area (Å²) in [5, 5.41) is 9.19. The summed E-state index contributed by atoms with van der Waals surface area (Å²) in [7, 11) is 0. The first-order valence-corrected chi connectivity index (χ1v) is 9.83. The Bertz CT molecular complexity index is 1180. The molecule has 1 aliphatic carbocycles. The molecule has 5 rings (SSSR count). The Labute approximate surface area is 167 Å². The zero-order valence-corrected chi connectivity index (χ0v) is 15.8. The van der Waals surface area contributed by atoms with Crippen LogP contribution in [0.4, 0.5) is 5.82 Å². The van der Waals surface area contributed by atoms with Crippen molar-refractivity contribution >= 4 is 16.9 Å². The molecule has 0 bridgehead atoms. The van der Waals surface area contributed by atoms with Gasteiger partial charge in [-0.3, -0.25) is 9.78 Å². The number of nitrogens with one attached hydrogen (secondary N) is 2. The number of H-pyrrole nitrogens is 1. The molecule has 8 heteroatoms. The number of pyridine rings is 1. The molecular weight excluding hydrogens is 366 g/mol. The van der Waals surface area contributed by atoms with E-state index < -0.39 is 0 Å². The third-order valence-corrected chi connectivity index (χ3v) is 5.54. The third kappa shape index (κ3) is 3.49. The van der Waals surface area contributed by atoms with Crippen LogP contribution >= 0.6 is 0 Å². The lowest BCUT2D eigenvalue weighted by Gasteiger charge is -2.30. The molecule has 0 radical (unpaired) electrons.